The molecule has 3 heterocycles. The van der Waals surface area contributed by atoms with Crippen molar-refractivity contribution in [2.24, 2.45) is 4.99 Å². The molecule has 0 amide bonds. The topological polar surface area (TPSA) is 60.7 Å². The van der Waals surface area contributed by atoms with Crippen LogP contribution in [0.1, 0.15) is 37.3 Å². The molecule has 0 N–H and O–H groups in total. The van der Waals surface area contributed by atoms with Gasteiger partial charge in [0.05, 0.1) is 21.9 Å². The summed E-state index contributed by atoms with van der Waals surface area (Å²) < 4.78 is 7.74. The molecule has 4 aromatic rings. The fraction of sp³-hybridized carbons (Fsp3) is 0.192. The van der Waals surface area contributed by atoms with Gasteiger partial charge in [-0.1, -0.05) is 59.9 Å². The average Bonchev–Trinajstić information content (AvgIpc) is 3.41. The normalized spacial score (nSPS) is 16.2. The maximum Gasteiger partial charge on any atom is 0.338 e. The summed E-state index contributed by atoms with van der Waals surface area (Å²) in [5, 5.41) is 4.14. The van der Waals surface area contributed by atoms with Crippen LogP contribution in [0.4, 0.5) is 0 Å². The van der Waals surface area contributed by atoms with Gasteiger partial charge in [0.15, 0.2) is 4.80 Å². The fourth-order valence-corrected chi connectivity index (χ4v) is 5.95. The quantitative estimate of drug-likeness (QED) is 0.412. The van der Waals surface area contributed by atoms with Crippen LogP contribution in [0.2, 0.25) is 0 Å². The van der Waals surface area contributed by atoms with Crippen molar-refractivity contribution in [3.63, 3.8) is 0 Å². The lowest BCUT2D eigenvalue weighted by Gasteiger charge is -2.24. The number of aromatic nitrogens is 1. The molecule has 166 valence electrons. The van der Waals surface area contributed by atoms with E-state index in [2.05, 4.69) is 23.2 Å². The number of ether oxygens (including phenoxy) is 1. The van der Waals surface area contributed by atoms with E-state index in [4.69, 9.17) is 4.74 Å². The van der Waals surface area contributed by atoms with Gasteiger partial charge in [-0.3, -0.25) is 9.36 Å². The summed E-state index contributed by atoms with van der Waals surface area (Å²) in [6.07, 6.45) is 1.65. The molecule has 1 aliphatic heterocycles. The highest BCUT2D eigenvalue weighted by molar-refractivity contribution is 7.10. The van der Waals surface area contributed by atoms with E-state index in [9.17, 15) is 9.59 Å². The van der Waals surface area contributed by atoms with Crippen molar-refractivity contribution in [2.45, 2.75) is 32.9 Å². The molecule has 1 aliphatic rings. The maximum absolute atomic E-state index is 13.7. The van der Waals surface area contributed by atoms with Gasteiger partial charge in [-0.25, -0.2) is 9.79 Å². The number of hydrogen-bond donors (Lipinski definition) is 0. The molecule has 5 nitrogen and oxygen atoms in total. The Hall–Kier alpha value is -3.29. The molecule has 0 radical (unpaired) electrons. The first-order valence-electron chi connectivity index (χ1n) is 10.7. The predicted molar refractivity (Wildman–Crippen MR) is 133 cm³/mol. The molecule has 0 unspecified atom stereocenters. The standard InChI is InChI=1S/C26H22N2O3S2/c1-15(2)31-25(30)22-16(3)27-26-28(23(22)20-12-7-13-32-20)24(29)21(33-26)14-18-10-6-9-17-8-4-5-11-19(17)18/h4-15,23H,1-3H3/b21-14-/t23-/m0/s1. The summed E-state index contributed by atoms with van der Waals surface area (Å²) in [6, 6.07) is 17.5. The Bertz CT molecular complexity index is 1570. The van der Waals surface area contributed by atoms with Gasteiger partial charge in [-0.2, -0.15) is 0 Å². The number of fused-ring (bicyclic) bond motifs is 2. The van der Waals surface area contributed by atoms with Crippen LogP contribution < -0.4 is 14.9 Å². The van der Waals surface area contributed by atoms with Crippen molar-refractivity contribution < 1.29 is 9.53 Å². The fourth-order valence-electron chi connectivity index (χ4n) is 4.09. The average molecular weight is 475 g/mol. The minimum atomic E-state index is -0.554. The van der Waals surface area contributed by atoms with Crippen molar-refractivity contribution in [1.29, 1.82) is 0 Å². The van der Waals surface area contributed by atoms with Gasteiger partial charge in [0.1, 0.15) is 6.04 Å². The maximum atomic E-state index is 13.7. The summed E-state index contributed by atoms with van der Waals surface area (Å²) in [5.41, 5.74) is 1.81. The molecular weight excluding hydrogens is 452 g/mol. The third kappa shape index (κ3) is 3.87. The molecule has 33 heavy (non-hydrogen) atoms. The van der Waals surface area contributed by atoms with E-state index in [1.807, 2.05) is 61.7 Å². The number of rotatable bonds is 4. The highest BCUT2D eigenvalue weighted by Crippen LogP contribution is 2.33. The van der Waals surface area contributed by atoms with Crippen LogP contribution in [0, 0.1) is 0 Å². The SMILES string of the molecule is CC1=C(C(=O)OC(C)C)[C@H](c2cccs2)n2c(s/c(=C\c3cccc4ccccc34)c2=O)=N1. The van der Waals surface area contributed by atoms with Gasteiger partial charge < -0.3 is 4.74 Å². The second kappa shape index (κ2) is 8.57. The number of thiazole rings is 1. The highest BCUT2D eigenvalue weighted by atomic mass is 32.1. The lowest BCUT2D eigenvalue weighted by Crippen LogP contribution is -2.39. The second-order valence-corrected chi connectivity index (χ2v) is 10.1. The van der Waals surface area contributed by atoms with Crippen LogP contribution in [0.5, 0.6) is 0 Å². The molecule has 2 aromatic heterocycles. The van der Waals surface area contributed by atoms with E-state index in [0.29, 0.717) is 20.6 Å². The van der Waals surface area contributed by atoms with Crippen molar-refractivity contribution in [3.05, 3.63) is 101 Å². The Morgan fingerprint density at radius 3 is 2.67 bits per heavy atom. The number of thiophene rings is 1. The summed E-state index contributed by atoms with van der Waals surface area (Å²) in [5.74, 6) is -0.437. The third-order valence-corrected chi connectivity index (χ3v) is 7.41. The zero-order chi connectivity index (χ0) is 23.1. The number of allylic oxidation sites excluding steroid dienone is 1. The summed E-state index contributed by atoms with van der Waals surface area (Å²) in [4.78, 5) is 32.8. The second-order valence-electron chi connectivity index (χ2n) is 8.12. The van der Waals surface area contributed by atoms with Crippen LogP contribution in [0.25, 0.3) is 16.8 Å². The Morgan fingerprint density at radius 1 is 1.12 bits per heavy atom. The number of carbonyl (C=O) groups is 1. The van der Waals surface area contributed by atoms with Gasteiger partial charge in [-0.05, 0) is 54.6 Å². The largest absolute Gasteiger partial charge is 0.459 e. The van der Waals surface area contributed by atoms with Crippen molar-refractivity contribution >= 4 is 45.5 Å². The molecule has 0 fully saturated rings. The molecular formula is C26H22N2O3S2. The van der Waals surface area contributed by atoms with Crippen molar-refractivity contribution in [2.75, 3.05) is 0 Å². The van der Waals surface area contributed by atoms with Gasteiger partial charge in [0.2, 0.25) is 0 Å². The van der Waals surface area contributed by atoms with Gasteiger partial charge >= 0.3 is 5.97 Å². The van der Waals surface area contributed by atoms with E-state index in [-0.39, 0.29) is 11.7 Å². The smallest absolute Gasteiger partial charge is 0.338 e. The van der Waals surface area contributed by atoms with Crippen LogP contribution in [0.15, 0.2) is 81.0 Å². The van der Waals surface area contributed by atoms with Crippen molar-refractivity contribution in [3.8, 4) is 0 Å². The van der Waals surface area contributed by atoms with E-state index >= 15 is 0 Å². The first-order chi connectivity index (χ1) is 15.9. The zero-order valence-electron chi connectivity index (χ0n) is 18.4. The first-order valence-corrected chi connectivity index (χ1v) is 12.4. The van der Waals surface area contributed by atoms with Crippen LogP contribution in [-0.2, 0) is 9.53 Å². The van der Waals surface area contributed by atoms with Gasteiger partial charge in [0.25, 0.3) is 5.56 Å². The molecule has 5 rings (SSSR count). The highest BCUT2D eigenvalue weighted by Gasteiger charge is 2.34. The minimum Gasteiger partial charge on any atom is -0.459 e. The van der Waals surface area contributed by atoms with Gasteiger partial charge in [0, 0.05) is 4.88 Å². The predicted octanol–water partition coefficient (Wildman–Crippen LogP) is 4.40. The van der Waals surface area contributed by atoms with Gasteiger partial charge in [-0.15, -0.1) is 11.3 Å². The Kier molecular flexibility index (Phi) is 5.60. The molecule has 2 aromatic carbocycles. The number of esters is 1. The Morgan fingerprint density at radius 2 is 1.91 bits per heavy atom. The van der Waals surface area contributed by atoms with E-state index in [1.165, 1.54) is 22.7 Å². The Balaban J connectivity index is 1.73. The number of hydrogen-bond acceptors (Lipinski definition) is 6. The number of carbonyl (C=O) groups excluding carboxylic acids is 1. The molecule has 0 spiro atoms. The number of nitrogens with zero attached hydrogens (tertiary/aromatic N) is 2. The molecule has 1 atom stereocenters. The van der Waals surface area contributed by atoms with Crippen LogP contribution in [0.3, 0.4) is 0 Å². The number of benzene rings is 2. The van der Waals surface area contributed by atoms with E-state index in [1.54, 1.807) is 11.5 Å². The van der Waals surface area contributed by atoms with Crippen molar-refractivity contribution in [1.82, 2.24) is 4.57 Å². The molecule has 0 saturated heterocycles. The lowest BCUT2D eigenvalue weighted by atomic mass is 10.0. The summed E-state index contributed by atoms with van der Waals surface area (Å²) >= 11 is 2.85. The zero-order valence-corrected chi connectivity index (χ0v) is 20.1. The molecule has 0 saturated carbocycles. The minimum absolute atomic E-state index is 0.160. The third-order valence-electron chi connectivity index (χ3n) is 5.51. The van der Waals surface area contributed by atoms with Crippen LogP contribution >= 0.6 is 22.7 Å². The molecule has 0 bridgehead atoms. The van der Waals surface area contributed by atoms with Crippen LogP contribution in [-0.4, -0.2) is 16.6 Å². The summed E-state index contributed by atoms with van der Waals surface area (Å²) in [7, 11) is 0. The molecule has 7 heteroatoms. The van der Waals surface area contributed by atoms with E-state index < -0.39 is 12.0 Å². The summed E-state index contributed by atoms with van der Waals surface area (Å²) in [6.45, 7) is 5.43. The monoisotopic (exact) mass is 474 g/mol. The lowest BCUT2D eigenvalue weighted by molar-refractivity contribution is -0.143. The first kappa shape index (κ1) is 21.6. The van der Waals surface area contributed by atoms with E-state index in [0.717, 1.165) is 21.2 Å². The molecule has 0 aliphatic carbocycles. The Labute approximate surface area is 198 Å².